The Morgan fingerprint density at radius 3 is 2.43 bits per heavy atom. The molecule has 2 rings (SSSR count). The topological polar surface area (TPSA) is 9.23 Å². The van der Waals surface area contributed by atoms with Crippen LogP contribution in [-0.4, -0.2) is 19.0 Å². The van der Waals surface area contributed by atoms with Gasteiger partial charge < -0.3 is 4.74 Å². The third kappa shape index (κ3) is 1.92. The minimum absolute atomic E-state index is 0.255. The number of benzene rings is 1. The first kappa shape index (κ1) is 10.3. The van der Waals surface area contributed by atoms with Gasteiger partial charge in [-0.1, -0.05) is 19.1 Å². The zero-order valence-electron chi connectivity index (χ0n) is 8.13. The second-order valence-corrected chi connectivity index (χ2v) is 5.48. The summed E-state index contributed by atoms with van der Waals surface area (Å²) in [5.41, 5.74) is 1.17. The number of ether oxygens (including phenoxy) is 1. The molecule has 1 aliphatic rings. The minimum Gasteiger partial charge on any atom is -0.377 e. The summed E-state index contributed by atoms with van der Waals surface area (Å²) in [6.07, 6.45) is 0. The molecule has 14 heavy (non-hydrogen) atoms. The van der Waals surface area contributed by atoms with Gasteiger partial charge in [-0.25, -0.2) is 0 Å². The van der Waals surface area contributed by atoms with Gasteiger partial charge in [0.05, 0.1) is 13.2 Å². The van der Waals surface area contributed by atoms with Gasteiger partial charge in [-0.2, -0.15) is 0 Å². The molecule has 1 aromatic rings. The summed E-state index contributed by atoms with van der Waals surface area (Å²) in [5.74, 6) is 1.11. The molecule has 0 aromatic heterocycles. The van der Waals surface area contributed by atoms with Gasteiger partial charge >= 0.3 is 0 Å². The molecule has 1 nitrogen and oxygen atoms in total. The van der Waals surface area contributed by atoms with E-state index in [-0.39, 0.29) is 4.87 Å². The molecule has 1 aliphatic heterocycles. The van der Waals surface area contributed by atoms with E-state index in [9.17, 15) is 0 Å². The Labute approximate surface area is 93.8 Å². The van der Waals surface area contributed by atoms with Crippen molar-refractivity contribution >= 4 is 23.4 Å². The molecule has 0 N–H and O–H groups in total. The molecule has 0 aliphatic carbocycles. The van der Waals surface area contributed by atoms with Gasteiger partial charge in [0, 0.05) is 4.90 Å². The fourth-order valence-corrected chi connectivity index (χ4v) is 2.41. The van der Waals surface area contributed by atoms with Gasteiger partial charge in [0.15, 0.2) is 0 Å². The maximum Gasteiger partial charge on any atom is 0.116 e. The SMILES string of the molecule is CCSc1ccc(C2(Cl)COC2)cc1. The lowest BCUT2D eigenvalue weighted by Gasteiger charge is -2.35. The molecule has 1 saturated heterocycles. The Morgan fingerprint density at radius 2 is 2.00 bits per heavy atom. The Hall–Kier alpha value is -0.180. The van der Waals surface area contributed by atoms with Crippen LogP contribution in [0.15, 0.2) is 29.2 Å². The van der Waals surface area contributed by atoms with Crippen LogP contribution in [0.5, 0.6) is 0 Å². The van der Waals surface area contributed by atoms with Crippen LogP contribution in [0.25, 0.3) is 0 Å². The molecule has 0 saturated carbocycles. The number of thioether (sulfide) groups is 1. The molecular formula is C11H13ClOS. The largest absolute Gasteiger partial charge is 0.377 e. The van der Waals surface area contributed by atoms with Crippen LogP contribution >= 0.6 is 23.4 Å². The van der Waals surface area contributed by atoms with Gasteiger partial charge in [-0.15, -0.1) is 23.4 Å². The van der Waals surface area contributed by atoms with E-state index in [0.717, 1.165) is 5.75 Å². The highest BCUT2D eigenvalue weighted by molar-refractivity contribution is 7.99. The molecule has 0 bridgehead atoms. The maximum atomic E-state index is 6.33. The van der Waals surface area contributed by atoms with Gasteiger partial charge in [0.1, 0.15) is 4.87 Å². The smallest absolute Gasteiger partial charge is 0.116 e. The Balaban J connectivity index is 2.13. The van der Waals surface area contributed by atoms with Crippen LogP contribution < -0.4 is 0 Å². The van der Waals surface area contributed by atoms with Gasteiger partial charge in [0.2, 0.25) is 0 Å². The van der Waals surface area contributed by atoms with Crippen molar-refractivity contribution in [3.63, 3.8) is 0 Å². The molecule has 1 heterocycles. The predicted octanol–water partition coefficient (Wildman–Crippen LogP) is 3.26. The molecule has 0 unspecified atom stereocenters. The van der Waals surface area contributed by atoms with E-state index >= 15 is 0 Å². The summed E-state index contributed by atoms with van der Waals surface area (Å²) >= 11 is 8.18. The summed E-state index contributed by atoms with van der Waals surface area (Å²) in [4.78, 5) is 1.05. The van der Waals surface area contributed by atoms with Crippen molar-refractivity contribution in [2.24, 2.45) is 0 Å². The van der Waals surface area contributed by atoms with E-state index in [1.54, 1.807) is 0 Å². The number of hydrogen-bond donors (Lipinski definition) is 0. The molecule has 0 atom stereocenters. The zero-order chi connectivity index (χ0) is 10.0. The lowest BCUT2D eigenvalue weighted by molar-refractivity contribution is -0.0152. The normalized spacial score (nSPS) is 19.0. The Bertz CT molecular complexity index is 306. The first-order valence-corrected chi connectivity index (χ1v) is 6.11. The molecular weight excluding hydrogens is 216 g/mol. The van der Waals surface area contributed by atoms with Crippen LogP contribution in [0.4, 0.5) is 0 Å². The fraction of sp³-hybridized carbons (Fsp3) is 0.455. The molecule has 76 valence electrons. The van der Waals surface area contributed by atoms with Crippen molar-refractivity contribution in [2.75, 3.05) is 19.0 Å². The van der Waals surface area contributed by atoms with E-state index in [4.69, 9.17) is 16.3 Å². The summed E-state index contributed by atoms with van der Waals surface area (Å²) in [5, 5.41) is 0. The van der Waals surface area contributed by atoms with Crippen LogP contribution in [-0.2, 0) is 9.61 Å². The van der Waals surface area contributed by atoms with E-state index < -0.39 is 0 Å². The lowest BCUT2D eigenvalue weighted by atomic mass is 9.97. The summed E-state index contributed by atoms with van der Waals surface area (Å²) < 4.78 is 5.13. The summed E-state index contributed by atoms with van der Waals surface area (Å²) in [7, 11) is 0. The van der Waals surface area contributed by atoms with E-state index in [0.29, 0.717) is 13.2 Å². The predicted molar refractivity (Wildman–Crippen MR) is 61.2 cm³/mol. The number of rotatable bonds is 3. The van der Waals surface area contributed by atoms with Crippen molar-refractivity contribution in [3.05, 3.63) is 29.8 Å². The first-order valence-electron chi connectivity index (χ1n) is 4.74. The number of halogens is 1. The highest BCUT2D eigenvalue weighted by atomic mass is 35.5. The quantitative estimate of drug-likeness (QED) is 0.580. The Kier molecular flexibility index (Phi) is 3.05. The summed E-state index contributed by atoms with van der Waals surface area (Å²) in [6.45, 7) is 3.42. The average molecular weight is 229 g/mol. The van der Waals surface area contributed by atoms with Crippen LogP contribution in [0, 0.1) is 0 Å². The maximum absolute atomic E-state index is 6.33. The molecule has 1 fully saturated rings. The van der Waals surface area contributed by atoms with Crippen LogP contribution in [0.2, 0.25) is 0 Å². The highest BCUT2D eigenvalue weighted by Gasteiger charge is 2.37. The van der Waals surface area contributed by atoms with Crippen molar-refractivity contribution in [2.45, 2.75) is 16.7 Å². The van der Waals surface area contributed by atoms with E-state index in [2.05, 4.69) is 31.2 Å². The second-order valence-electron chi connectivity index (χ2n) is 3.42. The van der Waals surface area contributed by atoms with Crippen molar-refractivity contribution < 1.29 is 4.74 Å². The van der Waals surface area contributed by atoms with E-state index in [1.165, 1.54) is 10.5 Å². The highest BCUT2D eigenvalue weighted by Crippen LogP contribution is 2.37. The van der Waals surface area contributed by atoms with Gasteiger partial charge in [-0.3, -0.25) is 0 Å². The standard InChI is InChI=1S/C11H13ClOS/c1-2-14-10-5-3-9(4-6-10)11(12)7-13-8-11/h3-6H,2,7-8H2,1H3. The zero-order valence-corrected chi connectivity index (χ0v) is 9.70. The Morgan fingerprint density at radius 1 is 1.36 bits per heavy atom. The minimum atomic E-state index is -0.255. The van der Waals surface area contributed by atoms with Crippen LogP contribution in [0.1, 0.15) is 12.5 Å². The van der Waals surface area contributed by atoms with Gasteiger partial charge in [0.25, 0.3) is 0 Å². The molecule has 0 spiro atoms. The third-order valence-corrected chi connectivity index (χ3v) is 3.67. The molecule has 0 amide bonds. The second kappa shape index (κ2) is 4.13. The monoisotopic (exact) mass is 228 g/mol. The molecule has 0 radical (unpaired) electrons. The molecule has 1 aromatic carbocycles. The first-order chi connectivity index (χ1) is 6.74. The van der Waals surface area contributed by atoms with E-state index in [1.807, 2.05) is 11.8 Å². The van der Waals surface area contributed by atoms with Gasteiger partial charge in [-0.05, 0) is 23.4 Å². The van der Waals surface area contributed by atoms with Crippen molar-refractivity contribution in [3.8, 4) is 0 Å². The van der Waals surface area contributed by atoms with Crippen molar-refractivity contribution in [1.29, 1.82) is 0 Å². The van der Waals surface area contributed by atoms with Crippen LogP contribution in [0.3, 0.4) is 0 Å². The fourth-order valence-electron chi connectivity index (χ4n) is 1.46. The lowest BCUT2D eigenvalue weighted by Crippen LogP contribution is -2.41. The van der Waals surface area contributed by atoms with Crippen molar-refractivity contribution in [1.82, 2.24) is 0 Å². The molecule has 3 heteroatoms. The summed E-state index contributed by atoms with van der Waals surface area (Å²) in [6, 6.07) is 8.47. The number of hydrogen-bond acceptors (Lipinski definition) is 2. The third-order valence-electron chi connectivity index (χ3n) is 2.34. The average Bonchev–Trinajstić information content (AvgIpc) is 2.16. The number of alkyl halides is 1.